The van der Waals surface area contributed by atoms with Crippen LogP contribution in [0, 0.1) is 0 Å². The summed E-state index contributed by atoms with van der Waals surface area (Å²) in [5.74, 6) is -0.566. The molecule has 2 atom stereocenters. The van der Waals surface area contributed by atoms with Crippen molar-refractivity contribution < 1.29 is 9.59 Å². The number of nitrogens with zero attached hydrogens (tertiary/aromatic N) is 1. The van der Waals surface area contributed by atoms with Crippen molar-refractivity contribution in [2.24, 2.45) is 0 Å². The summed E-state index contributed by atoms with van der Waals surface area (Å²) in [4.78, 5) is 24.1. The fraction of sp³-hybridized carbons (Fsp3) is 0.438. The van der Waals surface area contributed by atoms with Crippen molar-refractivity contribution in [2.75, 3.05) is 13.7 Å². The Labute approximate surface area is 247 Å². The smallest absolute Gasteiger partial charge is 0.258 e. The number of hydrogen-bond donors (Lipinski definition) is 1. The van der Waals surface area contributed by atoms with Gasteiger partial charge in [0.1, 0.15) is 0 Å². The highest BCUT2D eigenvalue weighted by Gasteiger charge is 2.48. The van der Waals surface area contributed by atoms with E-state index >= 15 is 0 Å². The third kappa shape index (κ3) is 5.88. The third-order valence-electron chi connectivity index (χ3n) is 9.10. The molecular formula is C32H40BN2O2P2S. The molecule has 1 aliphatic heterocycles. The first-order valence-electron chi connectivity index (χ1n) is 14.1. The predicted molar refractivity (Wildman–Crippen MR) is 178 cm³/mol. The SMILES string of the molecule is C=Cc1ccc(PC23CCC([B]c4ccc5c(c4)C(=O)NC5=O)(CC2)CC3)cc1C(=C)N(C)SP(C)C(C)(C)C. The Morgan fingerprint density at radius 2 is 1.70 bits per heavy atom. The summed E-state index contributed by atoms with van der Waals surface area (Å²) < 4.78 is 2.26. The van der Waals surface area contributed by atoms with Crippen molar-refractivity contribution in [1.82, 2.24) is 9.62 Å². The van der Waals surface area contributed by atoms with Crippen molar-refractivity contribution in [3.63, 3.8) is 0 Å². The Kier molecular flexibility index (Phi) is 8.21. The number of amides is 2. The normalized spacial score (nSPS) is 24.6. The van der Waals surface area contributed by atoms with E-state index in [1.54, 1.807) is 6.07 Å². The first-order valence-corrected chi connectivity index (χ1v) is 18.3. The fourth-order valence-electron chi connectivity index (χ4n) is 6.14. The van der Waals surface area contributed by atoms with Gasteiger partial charge in [-0.3, -0.25) is 14.9 Å². The van der Waals surface area contributed by atoms with Crippen molar-refractivity contribution >= 4 is 68.9 Å². The molecule has 3 aliphatic carbocycles. The lowest BCUT2D eigenvalue weighted by molar-refractivity contribution is 0.0879. The zero-order chi connectivity index (χ0) is 28.9. The first-order chi connectivity index (χ1) is 18.8. The van der Waals surface area contributed by atoms with Crippen LogP contribution in [0.2, 0.25) is 5.31 Å². The van der Waals surface area contributed by atoms with E-state index in [1.807, 2.05) is 29.8 Å². The second-order valence-electron chi connectivity index (χ2n) is 12.7. The molecule has 2 bridgehead atoms. The summed E-state index contributed by atoms with van der Waals surface area (Å²) in [5, 5.41) is 4.67. The molecule has 8 heteroatoms. The van der Waals surface area contributed by atoms with Gasteiger partial charge in [0.25, 0.3) is 11.8 Å². The van der Waals surface area contributed by atoms with Crippen LogP contribution in [0.5, 0.6) is 0 Å². The largest absolute Gasteiger partial charge is 0.316 e. The molecule has 40 heavy (non-hydrogen) atoms. The molecule has 3 fully saturated rings. The third-order valence-corrected chi connectivity index (χ3v) is 16.7. The second-order valence-corrected chi connectivity index (χ2v) is 19.8. The number of benzene rings is 2. The number of rotatable bonds is 9. The molecule has 2 aromatic carbocycles. The van der Waals surface area contributed by atoms with E-state index in [9.17, 15) is 9.59 Å². The molecule has 0 saturated heterocycles. The van der Waals surface area contributed by atoms with E-state index in [0.29, 0.717) is 16.3 Å². The van der Waals surface area contributed by atoms with Crippen LogP contribution >= 0.6 is 27.3 Å². The molecule has 1 N–H and O–H groups in total. The predicted octanol–water partition coefficient (Wildman–Crippen LogP) is 7.19. The Hall–Kier alpha value is -1.87. The molecule has 1 heterocycles. The van der Waals surface area contributed by atoms with Gasteiger partial charge in [-0.15, -0.1) is 0 Å². The Balaban J connectivity index is 1.27. The first kappa shape index (κ1) is 29.6. The molecule has 4 nitrogen and oxygen atoms in total. The summed E-state index contributed by atoms with van der Waals surface area (Å²) in [6, 6.07) is 12.6. The van der Waals surface area contributed by atoms with Gasteiger partial charge in [-0.2, -0.15) is 0 Å². The molecule has 2 aromatic rings. The van der Waals surface area contributed by atoms with E-state index in [4.69, 9.17) is 0 Å². The molecule has 0 spiro atoms. The fourth-order valence-corrected chi connectivity index (χ4v) is 10.8. The van der Waals surface area contributed by atoms with Crippen LogP contribution in [0.25, 0.3) is 11.8 Å². The number of carbonyl (C=O) groups is 2. The maximum atomic E-state index is 12.2. The average molecular weight is 590 g/mol. The molecule has 209 valence electrons. The van der Waals surface area contributed by atoms with Crippen molar-refractivity contribution in [3.8, 4) is 0 Å². The average Bonchev–Trinajstić information content (AvgIpc) is 3.21. The molecule has 3 saturated carbocycles. The Morgan fingerprint density at radius 3 is 2.33 bits per heavy atom. The maximum Gasteiger partial charge on any atom is 0.258 e. The molecule has 0 aromatic heterocycles. The number of nitrogens with one attached hydrogen (secondary N) is 1. The van der Waals surface area contributed by atoms with Crippen LogP contribution in [0.4, 0.5) is 0 Å². The number of hydrogen-bond acceptors (Lipinski definition) is 4. The summed E-state index contributed by atoms with van der Waals surface area (Å²) in [7, 11) is 5.08. The quantitative estimate of drug-likeness (QED) is 0.146. The minimum atomic E-state index is -0.288. The van der Waals surface area contributed by atoms with Crippen molar-refractivity contribution in [3.05, 3.63) is 71.8 Å². The number of carbonyl (C=O) groups excluding carboxylic acids is 2. The highest BCUT2D eigenvalue weighted by atomic mass is 32.7. The highest BCUT2D eigenvalue weighted by molar-refractivity contribution is 8.54. The van der Waals surface area contributed by atoms with Gasteiger partial charge >= 0.3 is 0 Å². The molecule has 2 unspecified atom stereocenters. The summed E-state index contributed by atoms with van der Waals surface area (Å²) in [6.07, 6.45) is 9.18. The number of fused-ring (bicyclic) bond motifs is 4. The van der Waals surface area contributed by atoms with Crippen LogP contribution in [-0.2, 0) is 0 Å². The summed E-state index contributed by atoms with van der Waals surface area (Å²) >= 11 is 1.91. The van der Waals surface area contributed by atoms with Gasteiger partial charge in [-0.25, -0.2) is 0 Å². The van der Waals surface area contributed by atoms with E-state index in [2.05, 4.69) is 82.7 Å². The van der Waals surface area contributed by atoms with Crippen LogP contribution in [0.1, 0.15) is 91.1 Å². The zero-order valence-corrected chi connectivity index (χ0v) is 27.1. The lowest BCUT2D eigenvalue weighted by atomic mass is 9.39. The van der Waals surface area contributed by atoms with Gasteiger partial charge in [0.05, 0.1) is 11.1 Å². The molecule has 1 radical (unpaired) electrons. The second kappa shape index (κ2) is 11.1. The standard InChI is InChI=1S/C32H40BN2O2P2S/c1-8-22-9-11-24(20-26(22)21(2)35(6)40-39(7)30(3,4)5)38-32-16-13-31(14-17-32,15-18-32)33-23-10-12-25-27(19-23)29(37)34-28(25)36/h8-12,19-20,38H,1-2,13-18H2,3-7H3,(H,34,36,37). The highest BCUT2D eigenvalue weighted by Crippen LogP contribution is 2.63. The summed E-state index contributed by atoms with van der Waals surface area (Å²) in [6.45, 7) is 17.9. The minimum absolute atomic E-state index is 0.192. The Morgan fingerprint density at radius 1 is 1.05 bits per heavy atom. The van der Waals surface area contributed by atoms with Gasteiger partial charge < -0.3 is 4.31 Å². The van der Waals surface area contributed by atoms with Crippen molar-refractivity contribution in [2.45, 2.75) is 74.9 Å². The van der Waals surface area contributed by atoms with Crippen LogP contribution in [0.3, 0.4) is 0 Å². The molecule has 2 amide bonds. The van der Waals surface area contributed by atoms with Gasteiger partial charge in [0, 0.05) is 18.3 Å². The Bertz CT molecular complexity index is 1360. The van der Waals surface area contributed by atoms with E-state index in [1.165, 1.54) is 49.4 Å². The van der Waals surface area contributed by atoms with Crippen LogP contribution in [0.15, 0.2) is 49.6 Å². The van der Waals surface area contributed by atoms with Crippen molar-refractivity contribution in [1.29, 1.82) is 0 Å². The van der Waals surface area contributed by atoms with E-state index < -0.39 is 0 Å². The van der Waals surface area contributed by atoms with Crippen LogP contribution in [-0.4, -0.2) is 47.4 Å². The van der Waals surface area contributed by atoms with E-state index in [-0.39, 0.29) is 29.4 Å². The number of imide groups is 1. The summed E-state index contributed by atoms with van der Waals surface area (Å²) in [5.41, 5.74) is 5.45. The van der Waals surface area contributed by atoms with Gasteiger partial charge in [0.2, 0.25) is 0 Å². The molecular weight excluding hydrogens is 549 g/mol. The lowest BCUT2D eigenvalue weighted by Crippen LogP contribution is -2.45. The zero-order valence-electron chi connectivity index (χ0n) is 24.4. The van der Waals surface area contributed by atoms with Gasteiger partial charge in [-0.1, -0.05) is 103 Å². The maximum absolute atomic E-state index is 12.2. The lowest BCUT2D eigenvalue weighted by Gasteiger charge is -2.54. The minimum Gasteiger partial charge on any atom is -0.316 e. The molecule has 6 rings (SSSR count). The van der Waals surface area contributed by atoms with Gasteiger partial charge in [0.15, 0.2) is 7.28 Å². The molecule has 4 aliphatic rings. The van der Waals surface area contributed by atoms with E-state index in [0.717, 1.165) is 25.3 Å². The van der Waals surface area contributed by atoms with Crippen LogP contribution < -0.4 is 16.1 Å². The monoisotopic (exact) mass is 589 g/mol. The van der Waals surface area contributed by atoms with Gasteiger partial charge in [-0.05, 0) is 77.9 Å². The topological polar surface area (TPSA) is 49.4 Å².